The van der Waals surface area contributed by atoms with E-state index < -0.39 is 51.9 Å². The van der Waals surface area contributed by atoms with Crippen molar-refractivity contribution in [1.29, 1.82) is 0 Å². The number of aromatic nitrogens is 2. The second kappa shape index (κ2) is 9.22. The summed E-state index contributed by atoms with van der Waals surface area (Å²) in [5.74, 6) is -9.04. The van der Waals surface area contributed by atoms with Crippen molar-refractivity contribution in [3.05, 3.63) is 77.0 Å². The summed E-state index contributed by atoms with van der Waals surface area (Å²) >= 11 is 0. The number of hydrogen-bond acceptors (Lipinski definition) is 4. The molecule has 3 aromatic rings. The zero-order valence-electron chi connectivity index (χ0n) is 17.2. The Bertz CT molecular complexity index is 1190. The minimum atomic E-state index is -1.82. The second-order valence-electron chi connectivity index (χ2n) is 7.91. The molecule has 0 spiro atoms. The maximum atomic E-state index is 14.3. The van der Waals surface area contributed by atoms with Crippen LogP contribution in [0.15, 0.2) is 36.7 Å². The van der Waals surface area contributed by atoms with Crippen LogP contribution < -0.4 is 11.1 Å². The molecule has 172 valence electrons. The predicted molar refractivity (Wildman–Crippen MR) is 111 cm³/mol. The molecule has 0 aliphatic heterocycles. The van der Waals surface area contributed by atoms with Crippen LogP contribution in [0.1, 0.15) is 47.7 Å². The second-order valence-corrected chi connectivity index (χ2v) is 7.91. The van der Waals surface area contributed by atoms with Crippen molar-refractivity contribution in [3.8, 4) is 11.3 Å². The monoisotopic (exact) mass is 462 g/mol. The molecule has 0 saturated heterocycles. The fourth-order valence-corrected chi connectivity index (χ4v) is 4.09. The summed E-state index contributed by atoms with van der Waals surface area (Å²) in [7, 11) is 0. The van der Waals surface area contributed by atoms with Gasteiger partial charge in [-0.1, -0.05) is 6.42 Å². The Morgan fingerprint density at radius 2 is 1.73 bits per heavy atom. The number of carbonyl (C=O) groups is 1. The van der Waals surface area contributed by atoms with Gasteiger partial charge < -0.3 is 11.1 Å². The molecule has 0 unspecified atom stereocenters. The summed E-state index contributed by atoms with van der Waals surface area (Å²) in [5.41, 5.74) is 4.51. The van der Waals surface area contributed by atoms with E-state index in [2.05, 4.69) is 15.3 Å². The molecule has 1 amide bonds. The van der Waals surface area contributed by atoms with Gasteiger partial charge in [-0.15, -0.1) is 0 Å². The standard InChI is InChI=1S/C23H19F5N4O/c24-14-4-5-17(31-22(14)19-20(27)15(25)9-16(26)21(19)28)23(33)32-18-10-30-7-6-13(18)11-2-1-3-12(29)8-11/h4-7,9-12H,1-3,8,29H2,(H,32,33)/t11-,12+/m1/s1. The van der Waals surface area contributed by atoms with Crippen molar-refractivity contribution in [2.75, 3.05) is 5.32 Å². The lowest BCUT2D eigenvalue weighted by atomic mass is 9.81. The van der Waals surface area contributed by atoms with Crippen molar-refractivity contribution >= 4 is 11.6 Å². The Morgan fingerprint density at radius 3 is 2.42 bits per heavy atom. The quantitative estimate of drug-likeness (QED) is 0.419. The molecule has 4 rings (SSSR count). The van der Waals surface area contributed by atoms with Gasteiger partial charge in [-0.25, -0.2) is 26.9 Å². The van der Waals surface area contributed by atoms with Crippen LogP contribution in [0, 0.1) is 29.1 Å². The van der Waals surface area contributed by atoms with E-state index in [1.807, 2.05) is 0 Å². The molecule has 1 fully saturated rings. The highest BCUT2D eigenvalue weighted by Gasteiger charge is 2.26. The fourth-order valence-electron chi connectivity index (χ4n) is 4.09. The van der Waals surface area contributed by atoms with Crippen LogP contribution in [0.25, 0.3) is 11.3 Å². The van der Waals surface area contributed by atoms with Crippen LogP contribution in [0.4, 0.5) is 27.6 Å². The van der Waals surface area contributed by atoms with Gasteiger partial charge in [0, 0.05) is 18.3 Å². The smallest absolute Gasteiger partial charge is 0.274 e. The van der Waals surface area contributed by atoms with E-state index in [0.29, 0.717) is 5.69 Å². The third-order valence-electron chi connectivity index (χ3n) is 5.68. The van der Waals surface area contributed by atoms with Crippen LogP contribution in [0.3, 0.4) is 0 Å². The number of hydrogen-bond donors (Lipinski definition) is 2. The van der Waals surface area contributed by atoms with Gasteiger partial charge in [0.1, 0.15) is 17.2 Å². The normalized spacial score (nSPS) is 18.2. The lowest BCUT2D eigenvalue weighted by Crippen LogP contribution is -2.27. The fraction of sp³-hybridized carbons (Fsp3) is 0.261. The minimum Gasteiger partial charge on any atom is -0.328 e. The van der Waals surface area contributed by atoms with E-state index in [4.69, 9.17) is 5.73 Å². The predicted octanol–water partition coefficient (Wildman–Crippen LogP) is 5.08. The van der Waals surface area contributed by atoms with Gasteiger partial charge in [0.05, 0.1) is 17.4 Å². The van der Waals surface area contributed by atoms with Crippen molar-refractivity contribution in [2.24, 2.45) is 5.73 Å². The molecule has 0 radical (unpaired) electrons. The molecule has 0 bridgehead atoms. The van der Waals surface area contributed by atoms with Gasteiger partial charge >= 0.3 is 0 Å². The lowest BCUT2D eigenvalue weighted by molar-refractivity contribution is 0.102. The Morgan fingerprint density at radius 1 is 1.00 bits per heavy atom. The maximum Gasteiger partial charge on any atom is 0.274 e. The van der Waals surface area contributed by atoms with Crippen LogP contribution >= 0.6 is 0 Å². The van der Waals surface area contributed by atoms with Crippen molar-refractivity contribution in [2.45, 2.75) is 37.6 Å². The van der Waals surface area contributed by atoms with Crippen molar-refractivity contribution in [1.82, 2.24) is 9.97 Å². The van der Waals surface area contributed by atoms with E-state index >= 15 is 0 Å². The van der Waals surface area contributed by atoms with E-state index in [-0.39, 0.29) is 18.0 Å². The zero-order chi connectivity index (χ0) is 23.7. The summed E-state index contributed by atoms with van der Waals surface area (Å²) in [6.45, 7) is 0. The SMILES string of the molecule is N[C@H]1CCC[C@@H](c2ccncc2NC(=O)c2ccc(F)c(-c3c(F)c(F)cc(F)c3F)n2)C1. The van der Waals surface area contributed by atoms with Gasteiger partial charge in [-0.2, -0.15) is 0 Å². The van der Waals surface area contributed by atoms with Crippen LogP contribution in [-0.4, -0.2) is 21.9 Å². The molecule has 1 aliphatic rings. The Labute approximate surface area is 185 Å². The summed E-state index contributed by atoms with van der Waals surface area (Å²) in [6.07, 6.45) is 6.49. The van der Waals surface area contributed by atoms with Crippen molar-refractivity contribution in [3.63, 3.8) is 0 Å². The third-order valence-corrected chi connectivity index (χ3v) is 5.68. The number of pyridine rings is 2. The molecule has 1 aliphatic carbocycles. The average molecular weight is 462 g/mol. The number of rotatable bonds is 4. The number of halogens is 5. The highest BCUT2D eigenvalue weighted by Crippen LogP contribution is 2.36. The molecular weight excluding hydrogens is 443 g/mol. The third kappa shape index (κ3) is 4.56. The molecule has 2 atom stereocenters. The molecule has 1 saturated carbocycles. The van der Waals surface area contributed by atoms with Crippen LogP contribution in [-0.2, 0) is 0 Å². The van der Waals surface area contributed by atoms with Gasteiger partial charge in [0.15, 0.2) is 23.3 Å². The molecule has 1 aromatic carbocycles. The Hall–Kier alpha value is -3.40. The van der Waals surface area contributed by atoms with Gasteiger partial charge in [-0.3, -0.25) is 9.78 Å². The van der Waals surface area contributed by atoms with Gasteiger partial charge in [0.2, 0.25) is 0 Å². The van der Waals surface area contributed by atoms with E-state index in [1.165, 1.54) is 6.20 Å². The van der Waals surface area contributed by atoms with E-state index in [1.54, 1.807) is 12.3 Å². The Balaban J connectivity index is 1.67. The lowest BCUT2D eigenvalue weighted by Gasteiger charge is -2.28. The number of nitrogens with one attached hydrogen (secondary N) is 1. The minimum absolute atomic E-state index is 0.00369. The molecule has 5 nitrogen and oxygen atoms in total. The number of carbonyl (C=O) groups excluding carboxylic acids is 1. The summed E-state index contributed by atoms with van der Waals surface area (Å²) < 4.78 is 69.9. The topological polar surface area (TPSA) is 80.9 Å². The van der Waals surface area contributed by atoms with Gasteiger partial charge in [0.25, 0.3) is 5.91 Å². The summed E-state index contributed by atoms with van der Waals surface area (Å²) in [5, 5.41) is 2.63. The summed E-state index contributed by atoms with van der Waals surface area (Å²) in [6, 6.07) is 3.54. The molecule has 10 heteroatoms. The maximum absolute atomic E-state index is 14.3. The molecule has 33 heavy (non-hydrogen) atoms. The van der Waals surface area contributed by atoms with Crippen molar-refractivity contribution < 1.29 is 26.7 Å². The average Bonchev–Trinajstić information content (AvgIpc) is 2.79. The zero-order valence-corrected chi connectivity index (χ0v) is 17.2. The first-order valence-electron chi connectivity index (χ1n) is 10.3. The molecule has 2 aromatic heterocycles. The first-order chi connectivity index (χ1) is 15.8. The van der Waals surface area contributed by atoms with Crippen LogP contribution in [0.2, 0.25) is 0 Å². The molecule has 3 N–H and O–H groups in total. The van der Waals surface area contributed by atoms with Crippen LogP contribution in [0.5, 0.6) is 0 Å². The number of nitrogens with two attached hydrogens (primary N) is 1. The highest BCUT2D eigenvalue weighted by atomic mass is 19.2. The first kappa shape index (κ1) is 22.8. The van der Waals surface area contributed by atoms with E-state index in [9.17, 15) is 26.7 Å². The highest BCUT2D eigenvalue weighted by molar-refractivity contribution is 6.03. The largest absolute Gasteiger partial charge is 0.328 e. The molecule has 2 heterocycles. The summed E-state index contributed by atoms with van der Waals surface area (Å²) in [4.78, 5) is 20.5. The van der Waals surface area contributed by atoms with Gasteiger partial charge in [-0.05, 0) is 48.9 Å². The first-order valence-corrected chi connectivity index (χ1v) is 10.3. The number of amides is 1. The number of benzene rings is 1. The van der Waals surface area contributed by atoms with E-state index in [0.717, 1.165) is 43.4 Å². The molecular formula is C23H19F5N4O. The number of nitrogens with zero attached hydrogens (tertiary/aromatic N) is 2. The Kier molecular flexibility index (Phi) is 6.37. The number of anilines is 1.